The first kappa shape index (κ1) is 13.1. The van der Waals surface area contributed by atoms with E-state index in [-0.39, 0.29) is 11.4 Å². The van der Waals surface area contributed by atoms with Crippen LogP contribution in [0.4, 0.5) is 5.69 Å². The van der Waals surface area contributed by atoms with Gasteiger partial charge in [-0.05, 0) is 50.9 Å². The van der Waals surface area contributed by atoms with Gasteiger partial charge in [0.15, 0.2) is 0 Å². The average Bonchev–Trinajstić information content (AvgIpc) is 2.53. The van der Waals surface area contributed by atoms with Gasteiger partial charge in [-0.25, -0.2) is 0 Å². The van der Waals surface area contributed by atoms with Crippen LogP contribution in [0.15, 0.2) is 18.2 Å². The first-order valence-electron chi connectivity index (χ1n) is 6.50. The molecule has 1 amide bonds. The summed E-state index contributed by atoms with van der Waals surface area (Å²) in [6.07, 6.45) is 1.55. The highest BCUT2D eigenvalue weighted by Gasteiger charge is 2.23. The Kier molecular flexibility index (Phi) is 3.44. The summed E-state index contributed by atoms with van der Waals surface area (Å²) in [5.74, 6) is 0.190. The Bertz CT molecular complexity index is 460. The van der Waals surface area contributed by atoms with E-state index in [1.165, 1.54) is 5.56 Å². The van der Waals surface area contributed by atoms with Crippen LogP contribution in [-0.2, 0) is 17.6 Å². The molecular weight excluding hydrogens is 224 g/mol. The maximum absolute atomic E-state index is 11.6. The summed E-state index contributed by atoms with van der Waals surface area (Å²) in [6, 6.07) is 6.35. The minimum atomic E-state index is 0.160. The Morgan fingerprint density at radius 2 is 2.06 bits per heavy atom. The highest BCUT2D eigenvalue weighted by Crippen LogP contribution is 2.28. The zero-order valence-electron chi connectivity index (χ0n) is 11.7. The molecule has 0 aliphatic carbocycles. The van der Waals surface area contributed by atoms with E-state index in [1.54, 1.807) is 4.90 Å². The fourth-order valence-corrected chi connectivity index (χ4v) is 2.26. The third kappa shape index (κ3) is 2.91. The van der Waals surface area contributed by atoms with E-state index in [0.29, 0.717) is 6.42 Å². The molecule has 0 saturated heterocycles. The van der Waals surface area contributed by atoms with E-state index in [0.717, 1.165) is 24.2 Å². The van der Waals surface area contributed by atoms with E-state index in [4.69, 9.17) is 0 Å². The minimum Gasteiger partial charge on any atom is -0.315 e. The zero-order chi connectivity index (χ0) is 13.3. The molecule has 3 heteroatoms. The molecule has 0 radical (unpaired) electrons. The molecule has 0 unspecified atom stereocenters. The van der Waals surface area contributed by atoms with E-state index in [2.05, 4.69) is 44.3 Å². The number of rotatable bonds is 3. The van der Waals surface area contributed by atoms with Crippen LogP contribution < -0.4 is 10.2 Å². The molecule has 1 aromatic carbocycles. The Labute approximate surface area is 109 Å². The number of amides is 1. The van der Waals surface area contributed by atoms with E-state index >= 15 is 0 Å². The van der Waals surface area contributed by atoms with Crippen molar-refractivity contribution >= 4 is 11.6 Å². The number of hydrogen-bond donors (Lipinski definition) is 1. The van der Waals surface area contributed by atoms with Crippen LogP contribution in [0.25, 0.3) is 0 Å². The second-order valence-electron chi connectivity index (χ2n) is 6.02. The van der Waals surface area contributed by atoms with Crippen LogP contribution in [0.1, 0.15) is 31.9 Å². The molecule has 1 aliphatic rings. The molecule has 0 fully saturated rings. The lowest BCUT2D eigenvalue weighted by Gasteiger charge is -2.20. The number of nitrogens with zero attached hydrogens (tertiary/aromatic N) is 1. The van der Waals surface area contributed by atoms with Crippen molar-refractivity contribution in [1.82, 2.24) is 5.32 Å². The molecule has 18 heavy (non-hydrogen) atoms. The topological polar surface area (TPSA) is 32.3 Å². The SMILES string of the molecule is CN1C(=O)Cc2cc(CCNC(C)(C)C)ccc21. The van der Waals surface area contributed by atoms with E-state index < -0.39 is 0 Å². The van der Waals surface area contributed by atoms with Crippen molar-refractivity contribution in [2.45, 2.75) is 39.2 Å². The molecule has 3 nitrogen and oxygen atoms in total. The molecule has 0 bridgehead atoms. The lowest BCUT2D eigenvalue weighted by Crippen LogP contribution is -2.37. The van der Waals surface area contributed by atoms with Gasteiger partial charge in [-0.3, -0.25) is 4.79 Å². The lowest BCUT2D eigenvalue weighted by molar-refractivity contribution is -0.117. The van der Waals surface area contributed by atoms with Crippen LogP contribution >= 0.6 is 0 Å². The average molecular weight is 246 g/mol. The van der Waals surface area contributed by atoms with Gasteiger partial charge < -0.3 is 10.2 Å². The second-order valence-corrected chi connectivity index (χ2v) is 6.02. The summed E-state index contributed by atoms with van der Waals surface area (Å²) in [5.41, 5.74) is 3.68. The number of benzene rings is 1. The quantitative estimate of drug-likeness (QED) is 0.886. The molecule has 98 valence electrons. The van der Waals surface area contributed by atoms with Gasteiger partial charge in [0.25, 0.3) is 0 Å². The monoisotopic (exact) mass is 246 g/mol. The maximum Gasteiger partial charge on any atom is 0.231 e. The van der Waals surface area contributed by atoms with Gasteiger partial charge >= 0.3 is 0 Å². The molecule has 2 rings (SSSR count). The summed E-state index contributed by atoms with van der Waals surface area (Å²) in [7, 11) is 1.84. The Morgan fingerprint density at radius 3 is 2.72 bits per heavy atom. The fraction of sp³-hybridized carbons (Fsp3) is 0.533. The summed E-state index contributed by atoms with van der Waals surface area (Å²) >= 11 is 0. The molecule has 1 aromatic rings. The Balaban J connectivity index is 2.01. The largest absolute Gasteiger partial charge is 0.315 e. The van der Waals surface area contributed by atoms with Crippen molar-refractivity contribution in [2.75, 3.05) is 18.5 Å². The predicted octanol–water partition coefficient (Wildman–Crippen LogP) is 2.14. The van der Waals surface area contributed by atoms with Crippen molar-refractivity contribution in [2.24, 2.45) is 0 Å². The van der Waals surface area contributed by atoms with Gasteiger partial charge in [-0.2, -0.15) is 0 Å². The summed E-state index contributed by atoms with van der Waals surface area (Å²) in [6.45, 7) is 7.47. The van der Waals surface area contributed by atoms with E-state index in [1.807, 2.05) is 7.05 Å². The van der Waals surface area contributed by atoms with Gasteiger partial charge in [0.2, 0.25) is 5.91 Å². The van der Waals surface area contributed by atoms with Crippen LogP contribution in [0.3, 0.4) is 0 Å². The van der Waals surface area contributed by atoms with Gasteiger partial charge in [-0.15, -0.1) is 0 Å². The van der Waals surface area contributed by atoms with Gasteiger partial charge in [-0.1, -0.05) is 12.1 Å². The van der Waals surface area contributed by atoms with Crippen molar-refractivity contribution in [3.63, 3.8) is 0 Å². The molecule has 1 N–H and O–H groups in total. The van der Waals surface area contributed by atoms with Crippen molar-refractivity contribution < 1.29 is 4.79 Å². The normalized spacial score (nSPS) is 15.1. The predicted molar refractivity (Wildman–Crippen MR) is 75.0 cm³/mol. The smallest absolute Gasteiger partial charge is 0.231 e. The minimum absolute atomic E-state index is 0.160. The number of carbonyl (C=O) groups is 1. The lowest BCUT2D eigenvalue weighted by atomic mass is 10.0. The van der Waals surface area contributed by atoms with Crippen molar-refractivity contribution in [1.29, 1.82) is 0 Å². The van der Waals surface area contributed by atoms with Crippen molar-refractivity contribution in [3.8, 4) is 0 Å². The highest BCUT2D eigenvalue weighted by atomic mass is 16.2. The summed E-state index contributed by atoms with van der Waals surface area (Å²) < 4.78 is 0. The van der Waals surface area contributed by atoms with Crippen molar-refractivity contribution in [3.05, 3.63) is 29.3 Å². The standard InChI is InChI=1S/C15H22N2O/c1-15(2,3)16-8-7-11-5-6-13-12(9-11)10-14(18)17(13)4/h5-6,9,16H,7-8,10H2,1-4H3. The van der Waals surface area contributed by atoms with E-state index in [9.17, 15) is 4.79 Å². The number of anilines is 1. The van der Waals surface area contributed by atoms with Crippen LogP contribution in [-0.4, -0.2) is 25.0 Å². The molecule has 0 aromatic heterocycles. The van der Waals surface area contributed by atoms with Gasteiger partial charge in [0.1, 0.15) is 0 Å². The maximum atomic E-state index is 11.6. The molecule has 0 spiro atoms. The second kappa shape index (κ2) is 4.73. The summed E-state index contributed by atoms with van der Waals surface area (Å²) in [5, 5.41) is 3.48. The Morgan fingerprint density at radius 1 is 1.33 bits per heavy atom. The van der Waals surface area contributed by atoms with Gasteiger partial charge in [0.05, 0.1) is 6.42 Å². The molecular formula is C15H22N2O. The third-order valence-electron chi connectivity index (χ3n) is 3.29. The molecule has 1 aliphatic heterocycles. The fourth-order valence-electron chi connectivity index (χ4n) is 2.26. The van der Waals surface area contributed by atoms with Crippen LogP contribution in [0, 0.1) is 0 Å². The molecule has 0 atom stereocenters. The summed E-state index contributed by atoms with van der Waals surface area (Å²) in [4.78, 5) is 13.3. The number of nitrogens with one attached hydrogen (secondary N) is 1. The Hall–Kier alpha value is -1.35. The third-order valence-corrected chi connectivity index (χ3v) is 3.29. The first-order valence-corrected chi connectivity index (χ1v) is 6.50. The highest BCUT2D eigenvalue weighted by molar-refractivity contribution is 6.00. The zero-order valence-corrected chi connectivity index (χ0v) is 11.7. The first-order chi connectivity index (χ1) is 8.37. The van der Waals surface area contributed by atoms with Crippen LogP contribution in [0.5, 0.6) is 0 Å². The number of hydrogen-bond acceptors (Lipinski definition) is 2. The number of carbonyl (C=O) groups excluding carboxylic acids is 1. The number of likely N-dealkylation sites (N-methyl/N-ethyl adjacent to an activating group) is 1. The van der Waals surface area contributed by atoms with Crippen LogP contribution in [0.2, 0.25) is 0 Å². The van der Waals surface area contributed by atoms with Gasteiger partial charge in [0, 0.05) is 18.3 Å². The molecule has 1 heterocycles. The molecule has 0 saturated carbocycles. The number of fused-ring (bicyclic) bond motifs is 1.